The minimum Gasteiger partial charge on any atom is -0.377 e. The van der Waals surface area contributed by atoms with Crippen LogP contribution in [0.3, 0.4) is 0 Å². The molecular weight excluding hydrogens is 425 g/mol. The van der Waals surface area contributed by atoms with Gasteiger partial charge in [-0.1, -0.05) is 18.9 Å². The van der Waals surface area contributed by atoms with Gasteiger partial charge in [0.15, 0.2) is 5.96 Å². The van der Waals surface area contributed by atoms with E-state index in [0.717, 1.165) is 18.7 Å². The van der Waals surface area contributed by atoms with E-state index in [2.05, 4.69) is 23.5 Å². The maximum absolute atomic E-state index is 6.29. The quantitative estimate of drug-likeness (QED) is 0.406. The highest BCUT2D eigenvalue weighted by molar-refractivity contribution is 14.0. The third kappa shape index (κ3) is 2.78. The third-order valence-corrected chi connectivity index (χ3v) is 6.88. The first-order valence-corrected chi connectivity index (χ1v) is 9.60. The Morgan fingerprint density at radius 3 is 2.80 bits per heavy atom. The number of benzene rings is 1. The minimum atomic E-state index is 0. The van der Waals surface area contributed by atoms with E-state index in [1.165, 1.54) is 56.1 Å². The molecule has 3 unspecified atom stereocenters. The number of fused-ring (bicyclic) bond motifs is 3. The summed E-state index contributed by atoms with van der Waals surface area (Å²) in [5.74, 6) is 1.16. The normalized spacial score (nSPS) is 32.0. The molecule has 5 rings (SSSR count). The van der Waals surface area contributed by atoms with Crippen molar-refractivity contribution in [1.82, 2.24) is 0 Å². The molecule has 4 aliphatic rings. The number of nitrogens with two attached hydrogens (primary N) is 1. The van der Waals surface area contributed by atoms with Crippen molar-refractivity contribution in [1.29, 1.82) is 0 Å². The molecule has 5 heteroatoms. The first-order chi connectivity index (χ1) is 11.8. The molecule has 0 aromatic heterocycles. The van der Waals surface area contributed by atoms with Crippen LogP contribution in [0.5, 0.6) is 0 Å². The summed E-state index contributed by atoms with van der Waals surface area (Å²) in [6.07, 6.45) is 10.4. The molecule has 0 amide bonds. The Morgan fingerprint density at radius 1 is 1.16 bits per heavy atom. The molecule has 3 atom stereocenters. The lowest BCUT2D eigenvalue weighted by Gasteiger charge is -2.54. The number of nitrogens with zero attached hydrogens (tertiary/aromatic N) is 1. The van der Waals surface area contributed by atoms with Crippen molar-refractivity contribution >= 4 is 35.6 Å². The minimum absolute atomic E-state index is 0. The topological polar surface area (TPSA) is 59.6 Å². The van der Waals surface area contributed by atoms with E-state index in [1.807, 2.05) is 0 Å². The summed E-state index contributed by atoms with van der Waals surface area (Å²) in [7, 11) is 0. The van der Waals surface area contributed by atoms with E-state index in [-0.39, 0.29) is 29.4 Å². The summed E-state index contributed by atoms with van der Waals surface area (Å²) in [4.78, 5) is 4.95. The van der Waals surface area contributed by atoms with E-state index in [4.69, 9.17) is 15.5 Å². The maximum Gasteiger partial charge on any atom is 0.193 e. The van der Waals surface area contributed by atoms with Gasteiger partial charge in [-0.2, -0.15) is 0 Å². The molecule has 1 aromatic carbocycles. The third-order valence-electron chi connectivity index (χ3n) is 6.88. The fourth-order valence-corrected chi connectivity index (χ4v) is 5.82. The maximum atomic E-state index is 6.29. The van der Waals surface area contributed by atoms with E-state index < -0.39 is 0 Å². The molecule has 0 radical (unpaired) electrons. The number of nitrogens with one attached hydrogen (secondary N) is 1. The van der Waals surface area contributed by atoms with E-state index in [0.29, 0.717) is 24.0 Å². The summed E-state index contributed by atoms with van der Waals surface area (Å²) >= 11 is 0. The summed E-state index contributed by atoms with van der Waals surface area (Å²) in [5, 5.41) is 3.34. The second kappa shape index (κ2) is 6.72. The Morgan fingerprint density at radius 2 is 1.96 bits per heavy atom. The van der Waals surface area contributed by atoms with Crippen LogP contribution >= 0.6 is 24.0 Å². The molecular formula is C20H28IN3O. The average Bonchev–Trinajstić information content (AvgIpc) is 3.30. The van der Waals surface area contributed by atoms with Crippen molar-refractivity contribution in [2.75, 3.05) is 11.9 Å². The van der Waals surface area contributed by atoms with Gasteiger partial charge < -0.3 is 15.8 Å². The standard InChI is InChI=1S/C20H27N3O.HI/c21-19(22-15-7-6-13-4-3-5-14(13)12-15)23-17-16-8-11-24-18(16)20(17)9-1-2-10-20;/h6-7,12,16-18H,1-5,8-11H2,(H3,21,22,23);1H. The Bertz CT molecular complexity index is 684. The monoisotopic (exact) mass is 453 g/mol. The van der Waals surface area contributed by atoms with E-state index in [1.54, 1.807) is 0 Å². The van der Waals surface area contributed by atoms with Crippen LogP contribution in [0.15, 0.2) is 23.2 Å². The Kier molecular flexibility index (Phi) is 4.73. The van der Waals surface area contributed by atoms with Gasteiger partial charge in [-0.25, -0.2) is 4.99 Å². The smallest absolute Gasteiger partial charge is 0.193 e. The van der Waals surface area contributed by atoms with Gasteiger partial charge in [0, 0.05) is 23.6 Å². The lowest BCUT2D eigenvalue weighted by Crippen LogP contribution is -2.61. The second-order valence-electron chi connectivity index (χ2n) is 8.11. The molecule has 0 bridgehead atoms. The number of ether oxygens (including phenoxy) is 1. The number of rotatable bonds is 2. The first-order valence-electron chi connectivity index (χ1n) is 9.60. The molecule has 1 aliphatic heterocycles. The van der Waals surface area contributed by atoms with Gasteiger partial charge in [-0.15, -0.1) is 24.0 Å². The van der Waals surface area contributed by atoms with Gasteiger partial charge in [0.25, 0.3) is 0 Å². The molecule has 25 heavy (non-hydrogen) atoms. The molecule has 136 valence electrons. The van der Waals surface area contributed by atoms with Crippen LogP contribution in [0.1, 0.15) is 49.7 Å². The zero-order valence-electron chi connectivity index (χ0n) is 14.7. The van der Waals surface area contributed by atoms with Crippen LogP contribution in [0.2, 0.25) is 0 Å². The van der Waals surface area contributed by atoms with Gasteiger partial charge in [-0.3, -0.25) is 0 Å². The van der Waals surface area contributed by atoms with Gasteiger partial charge in [0.1, 0.15) is 0 Å². The summed E-state index contributed by atoms with van der Waals surface area (Å²) < 4.78 is 6.04. The van der Waals surface area contributed by atoms with Gasteiger partial charge >= 0.3 is 0 Å². The molecule has 1 saturated heterocycles. The fraction of sp³-hybridized carbons (Fsp3) is 0.650. The van der Waals surface area contributed by atoms with Crippen molar-refractivity contribution < 1.29 is 4.74 Å². The SMILES string of the molecule is I.NC(=NC1C2CCOC2C12CCCC2)Nc1ccc2c(c1)CCC2. The number of aliphatic imine (C=N–C) groups is 1. The average molecular weight is 453 g/mol. The molecule has 1 heterocycles. The zero-order valence-corrected chi connectivity index (χ0v) is 17.0. The lowest BCUT2D eigenvalue weighted by molar-refractivity contribution is -0.117. The molecule has 1 aromatic rings. The summed E-state index contributed by atoms with van der Waals surface area (Å²) in [6.45, 7) is 0.904. The van der Waals surface area contributed by atoms with Crippen molar-refractivity contribution in [3.05, 3.63) is 29.3 Å². The highest BCUT2D eigenvalue weighted by Gasteiger charge is 2.65. The van der Waals surface area contributed by atoms with Crippen LogP contribution in [-0.4, -0.2) is 24.7 Å². The molecule has 3 aliphatic carbocycles. The molecule has 4 nitrogen and oxygen atoms in total. The Labute approximate surface area is 167 Å². The van der Waals surface area contributed by atoms with Gasteiger partial charge in [0.05, 0.1) is 12.1 Å². The molecule has 2 saturated carbocycles. The van der Waals surface area contributed by atoms with Crippen LogP contribution in [-0.2, 0) is 17.6 Å². The predicted octanol–water partition coefficient (Wildman–Crippen LogP) is 3.87. The highest BCUT2D eigenvalue weighted by atomic mass is 127. The highest BCUT2D eigenvalue weighted by Crippen LogP contribution is 2.62. The number of hydrogen-bond donors (Lipinski definition) is 2. The van der Waals surface area contributed by atoms with Crippen LogP contribution in [0.4, 0.5) is 5.69 Å². The number of guanidine groups is 1. The molecule has 3 fully saturated rings. The van der Waals surface area contributed by atoms with Gasteiger partial charge in [0.2, 0.25) is 0 Å². The second-order valence-corrected chi connectivity index (χ2v) is 8.11. The number of halogens is 1. The Hall–Kier alpha value is -0.820. The number of hydrogen-bond acceptors (Lipinski definition) is 2. The predicted molar refractivity (Wildman–Crippen MR) is 112 cm³/mol. The number of aryl methyl sites for hydroxylation is 2. The first kappa shape index (κ1) is 17.6. The van der Waals surface area contributed by atoms with Crippen LogP contribution in [0, 0.1) is 11.3 Å². The van der Waals surface area contributed by atoms with E-state index >= 15 is 0 Å². The van der Waals surface area contributed by atoms with Crippen molar-refractivity contribution in [2.45, 2.75) is 63.5 Å². The largest absolute Gasteiger partial charge is 0.377 e. The summed E-state index contributed by atoms with van der Waals surface area (Å²) in [6, 6.07) is 6.98. The van der Waals surface area contributed by atoms with Crippen molar-refractivity contribution in [2.24, 2.45) is 22.1 Å². The lowest BCUT2D eigenvalue weighted by atomic mass is 9.54. The molecule has 3 N–H and O–H groups in total. The Balaban J connectivity index is 0.00000157. The fourth-order valence-electron chi connectivity index (χ4n) is 5.82. The molecule has 1 spiro atoms. The van der Waals surface area contributed by atoms with E-state index in [9.17, 15) is 0 Å². The zero-order chi connectivity index (χ0) is 16.1. The summed E-state index contributed by atoms with van der Waals surface area (Å²) in [5.41, 5.74) is 10.6. The van der Waals surface area contributed by atoms with Crippen LogP contribution in [0.25, 0.3) is 0 Å². The van der Waals surface area contributed by atoms with Crippen LogP contribution < -0.4 is 11.1 Å². The van der Waals surface area contributed by atoms with Crippen molar-refractivity contribution in [3.8, 4) is 0 Å². The van der Waals surface area contributed by atoms with Gasteiger partial charge in [-0.05, 0) is 61.8 Å². The van der Waals surface area contributed by atoms with Crippen molar-refractivity contribution in [3.63, 3.8) is 0 Å². The number of anilines is 1.